The number of methoxy groups -OCH3 is 1. The van der Waals surface area contributed by atoms with Crippen LogP contribution in [0.4, 0.5) is 24.8 Å². The third-order valence-electron chi connectivity index (χ3n) is 3.97. The zero-order chi connectivity index (χ0) is 21.9. The molecule has 3 aromatic rings. The molecule has 3 rings (SSSR count). The number of alkyl halides is 3. The lowest BCUT2D eigenvalue weighted by Crippen LogP contribution is -2.17. The molecule has 2 aromatic carbocycles. The number of carbonyl (C=O) groups is 1. The molecule has 0 saturated heterocycles. The molecule has 0 unspecified atom stereocenters. The van der Waals surface area contributed by atoms with Gasteiger partial charge < -0.3 is 20.5 Å². The Morgan fingerprint density at radius 3 is 2.37 bits per heavy atom. The molecular formula is C20H15ClF3N3O3. The Balaban J connectivity index is 1.88. The van der Waals surface area contributed by atoms with Crippen LogP contribution in [0.2, 0.25) is 5.02 Å². The number of pyridine rings is 1. The molecule has 0 radical (unpaired) electrons. The summed E-state index contributed by atoms with van der Waals surface area (Å²) in [5, 5.41) is 3.08. The second-order valence-electron chi connectivity index (χ2n) is 6.00. The molecule has 1 heterocycles. The minimum atomic E-state index is -4.84. The first-order chi connectivity index (χ1) is 14.2. The van der Waals surface area contributed by atoms with E-state index in [1.807, 2.05) is 0 Å². The average molecular weight is 438 g/mol. The van der Waals surface area contributed by atoms with Crippen LogP contribution >= 0.6 is 11.6 Å². The van der Waals surface area contributed by atoms with Crippen molar-refractivity contribution in [2.45, 2.75) is 6.36 Å². The van der Waals surface area contributed by atoms with Crippen LogP contribution in [0.25, 0.3) is 11.1 Å². The van der Waals surface area contributed by atoms with Crippen LogP contribution in [0.3, 0.4) is 0 Å². The van der Waals surface area contributed by atoms with Gasteiger partial charge in [-0.05, 0) is 54.6 Å². The molecule has 3 N–H and O–H groups in total. The third-order valence-corrected chi connectivity index (χ3v) is 4.22. The van der Waals surface area contributed by atoms with E-state index in [2.05, 4.69) is 15.0 Å². The molecule has 0 aliphatic carbocycles. The summed E-state index contributed by atoms with van der Waals surface area (Å²) < 4.78 is 46.8. The van der Waals surface area contributed by atoms with E-state index in [0.29, 0.717) is 16.1 Å². The number of nitrogens with two attached hydrogens (primary N) is 1. The van der Waals surface area contributed by atoms with Crippen molar-refractivity contribution in [1.29, 1.82) is 0 Å². The SMILES string of the molecule is COc1ccc(OC(F)(F)F)cc1-c1ccc(NC(=O)c2ccc(Cl)cc2)nc1N. The average Bonchev–Trinajstić information content (AvgIpc) is 2.67. The maximum Gasteiger partial charge on any atom is 0.573 e. The smallest absolute Gasteiger partial charge is 0.496 e. The number of aromatic nitrogens is 1. The van der Waals surface area contributed by atoms with Crippen molar-refractivity contribution in [3.05, 3.63) is 65.2 Å². The number of hydrogen-bond acceptors (Lipinski definition) is 5. The minimum Gasteiger partial charge on any atom is -0.496 e. The van der Waals surface area contributed by atoms with Crippen molar-refractivity contribution in [2.24, 2.45) is 0 Å². The van der Waals surface area contributed by atoms with Crippen molar-refractivity contribution in [3.63, 3.8) is 0 Å². The zero-order valence-electron chi connectivity index (χ0n) is 15.5. The number of anilines is 2. The van der Waals surface area contributed by atoms with Gasteiger partial charge in [-0.3, -0.25) is 4.79 Å². The van der Waals surface area contributed by atoms with Crippen LogP contribution in [0.15, 0.2) is 54.6 Å². The van der Waals surface area contributed by atoms with Crippen molar-refractivity contribution < 1.29 is 27.4 Å². The van der Waals surface area contributed by atoms with Crippen molar-refractivity contribution in [2.75, 3.05) is 18.2 Å². The fourth-order valence-corrected chi connectivity index (χ4v) is 2.78. The number of ether oxygens (including phenoxy) is 2. The van der Waals surface area contributed by atoms with E-state index >= 15 is 0 Å². The number of hydrogen-bond donors (Lipinski definition) is 2. The highest BCUT2D eigenvalue weighted by Crippen LogP contribution is 2.37. The van der Waals surface area contributed by atoms with E-state index in [-0.39, 0.29) is 22.9 Å². The summed E-state index contributed by atoms with van der Waals surface area (Å²) in [4.78, 5) is 16.4. The van der Waals surface area contributed by atoms with Crippen LogP contribution in [0.5, 0.6) is 11.5 Å². The highest BCUT2D eigenvalue weighted by molar-refractivity contribution is 6.30. The molecule has 30 heavy (non-hydrogen) atoms. The van der Waals surface area contributed by atoms with Gasteiger partial charge in [0.05, 0.1) is 7.11 Å². The second-order valence-corrected chi connectivity index (χ2v) is 6.44. The molecule has 0 bridgehead atoms. The maximum absolute atomic E-state index is 12.5. The molecule has 1 aromatic heterocycles. The number of nitrogen functional groups attached to an aromatic ring is 1. The predicted octanol–water partition coefficient (Wildman–Crippen LogP) is 5.14. The molecule has 156 valence electrons. The van der Waals surface area contributed by atoms with E-state index < -0.39 is 18.0 Å². The summed E-state index contributed by atoms with van der Waals surface area (Å²) in [6.07, 6.45) is -4.84. The first-order valence-corrected chi connectivity index (χ1v) is 8.81. The van der Waals surface area contributed by atoms with E-state index in [4.69, 9.17) is 22.1 Å². The summed E-state index contributed by atoms with van der Waals surface area (Å²) in [5.74, 6) is -0.442. The Morgan fingerprint density at radius 1 is 1.07 bits per heavy atom. The maximum atomic E-state index is 12.5. The number of carbonyl (C=O) groups excluding carboxylic acids is 1. The highest BCUT2D eigenvalue weighted by Gasteiger charge is 2.31. The largest absolute Gasteiger partial charge is 0.573 e. The molecule has 0 spiro atoms. The standard InChI is InChI=1S/C20H15ClF3N3O3/c1-29-16-8-6-13(30-20(22,23)24)10-15(16)14-7-9-17(26-18(14)25)27-19(28)11-2-4-12(21)5-3-11/h2-10H,1H3,(H3,25,26,27,28). The Labute approximate surface area is 174 Å². The van der Waals surface area contributed by atoms with Crippen LogP contribution in [-0.2, 0) is 0 Å². The zero-order valence-corrected chi connectivity index (χ0v) is 16.2. The van der Waals surface area contributed by atoms with Gasteiger partial charge in [0.15, 0.2) is 0 Å². The van der Waals surface area contributed by atoms with Gasteiger partial charge in [-0.25, -0.2) is 4.98 Å². The molecule has 6 nitrogen and oxygen atoms in total. The van der Waals surface area contributed by atoms with Gasteiger partial charge in [-0.15, -0.1) is 13.2 Å². The molecule has 0 saturated carbocycles. The Hall–Kier alpha value is -3.46. The van der Waals surface area contributed by atoms with E-state index in [9.17, 15) is 18.0 Å². The van der Waals surface area contributed by atoms with Gasteiger partial charge in [0.1, 0.15) is 23.1 Å². The summed E-state index contributed by atoms with van der Waals surface area (Å²) in [5.41, 5.74) is 6.91. The highest BCUT2D eigenvalue weighted by atomic mass is 35.5. The predicted molar refractivity (Wildman–Crippen MR) is 107 cm³/mol. The van der Waals surface area contributed by atoms with Crippen molar-refractivity contribution in [3.8, 4) is 22.6 Å². The van der Waals surface area contributed by atoms with Gasteiger partial charge in [0, 0.05) is 21.7 Å². The fourth-order valence-electron chi connectivity index (χ4n) is 2.66. The molecule has 0 aliphatic rings. The molecular weight excluding hydrogens is 423 g/mol. The van der Waals surface area contributed by atoms with Gasteiger partial charge in [-0.2, -0.15) is 0 Å². The topological polar surface area (TPSA) is 86.5 Å². The number of rotatable bonds is 5. The lowest BCUT2D eigenvalue weighted by molar-refractivity contribution is -0.274. The van der Waals surface area contributed by atoms with Crippen LogP contribution in [0, 0.1) is 0 Å². The summed E-state index contributed by atoms with van der Waals surface area (Å²) in [6.45, 7) is 0. The monoisotopic (exact) mass is 437 g/mol. The fraction of sp³-hybridized carbons (Fsp3) is 0.100. The summed E-state index contributed by atoms with van der Waals surface area (Å²) in [6, 6.07) is 12.8. The number of nitrogens with one attached hydrogen (secondary N) is 1. The number of halogens is 4. The Kier molecular flexibility index (Phi) is 6.02. The molecule has 10 heteroatoms. The van der Waals surface area contributed by atoms with Crippen molar-refractivity contribution in [1.82, 2.24) is 4.98 Å². The van der Waals surface area contributed by atoms with Crippen LogP contribution in [0.1, 0.15) is 10.4 Å². The van der Waals surface area contributed by atoms with Crippen molar-refractivity contribution >= 4 is 29.1 Å². The lowest BCUT2D eigenvalue weighted by Gasteiger charge is -2.15. The summed E-state index contributed by atoms with van der Waals surface area (Å²) >= 11 is 5.80. The molecule has 0 aliphatic heterocycles. The first kappa shape index (κ1) is 21.3. The summed E-state index contributed by atoms with van der Waals surface area (Å²) in [7, 11) is 1.37. The molecule has 0 fully saturated rings. The van der Waals surface area contributed by atoms with E-state index in [1.165, 1.54) is 25.3 Å². The minimum absolute atomic E-state index is 0.0219. The van der Waals surface area contributed by atoms with Gasteiger partial charge >= 0.3 is 6.36 Å². The normalized spacial score (nSPS) is 11.1. The first-order valence-electron chi connectivity index (χ1n) is 8.44. The van der Waals surface area contributed by atoms with Gasteiger partial charge in [0.25, 0.3) is 5.91 Å². The Bertz CT molecular complexity index is 1070. The number of benzene rings is 2. The number of amides is 1. The third kappa shape index (κ3) is 5.12. The number of nitrogens with zero attached hydrogens (tertiary/aromatic N) is 1. The van der Waals surface area contributed by atoms with Gasteiger partial charge in [-0.1, -0.05) is 11.6 Å². The quantitative estimate of drug-likeness (QED) is 0.577. The molecule has 0 atom stereocenters. The Morgan fingerprint density at radius 2 is 1.77 bits per heavy atom. The van der Waals surface area contributed by atoms with E-state index in [1.54, 1.807) is 24.3 Å². The second kappa shape index (κ2) is 8.50. The van der Waals surface area contributed by atoms with Crippen LogP contribution in [-0.4, -0.2) is 24.4 Å². The van der Waals surface area contributed by atoms with E-state index in [0.717, 1.165) is 12.1 Å². The lowest BCUT2D eigenvalue weighted by atomic mass is 10.0. The van der Waals surface area contributed by atoms with Gasteiger partial charge in [0.2, 0.25) is 0 Å². The van der Waals surface area contributed by atoms with Crippen LogP contribution < -0.4 is 20.5 Å². The molecule has 1 amide bonds.